The first kappa shape index (κ1) is 14.8. The molecule has 0 atom stereocenters. The zero-order valence-corrected chi connectivity index (χ0v) is 11.7. The molecule has 0 fully saturated rings. The van der Waals surface area contributed by atoms with Gasteiger partial charge in [0.05, 0.1) is 6.61 Å². The molecular formula is C14H15Cl2NO. The summed E-state index contributed by atoms with van der Waals surface area (Å²) in [6.45, 7) is 2.58. The molecule has 0 N–H and O–H groups in total. The highest BCUT2D eigenvalue weighted by molar-refractivity contribution is 6.17. The molecule has 0 saturated carbocycles. The average Bonchev–Trinajstić information content (AvgIpc) is 2.40. The third-order valence-electron chi connectivity index (χ3n) is 2.47. The molecule has 1 heterocycles. The van der Waals surface area contributed by atoms with Crippen LogP contribution in [0.5, 0.6) is 5.88 Å². The second-order valence-electron chi connectivity index (χ2n) is 3.65. The molecule has 0 aliphatic heterocycles. The van der Waals surface area contributed by atoms with Crippen LogP contribution in [0.4, 0.5) is 0 Å². The summed E-state index contributed by atoms with van der Waals surface area (Å²) in [6, 6.07) is 12.0. The lowest BCUT2D eigenvalue weighted by molar-refractivity contribution is 0.327. The van der Waals surface area contributed by atoms with E-state index in [1.54, 1.807) is 0 Å². The zero-order chi connectivity index (χ0) is 12.1. The van der Waals surface area contributed by atoms with Crippen molar-refractivity contribution in [1.82, 2.24) is 4.98 Å². The van der Waals surface area contributed by atoms with E-state index in [1.165, 1.54) is 0 Å². The first-order valence-electron chi connectivity index (χ1n) is 5.57. The minimum absolute atomic E-state index is 0. The fourth-order valence-electron chi connectivity index (χ4n) is 1.57. The van der Waals surface area contributed by atoms with Gasteiger partial charge in [-0.15, -0.1) is 24.0 Å². The van der Waals surface area contributed by atoms with Crippen LogP contribution in [0, 0.1) is 0 Å². The van der Waals surface area contributed by atoms with E-state index in [0.29, 0.717) is 18.4 Å². The van der Waals surface area contributed by atoms with Crippen molar-refractivity contribution in [3.8, 4) is 17.0 Å². The van der Waals surface area contributed by atoms with E-state index in [1.807, 2.05) is 37.4 Å². The van der Waals surface area contributed by atoms with Crippen molar-refractivity contribution in [2.24, 2.45) is 0 Å². The van der Waals surface area contributed by atoms with E-state index in [9.17, 15) is 0 Å². The van der Waals surface area contributed by atoms with E-state index in [4.69, 9.17) is 16.3 Å². The molecule has 1 aromatic heterocycles. The smallest absolute Gasteiger partial charge is 0.213 e. The zero-order valence-electron chi connectivity index (χ0n) is 10.1. The quantitative estimate of drug-likeness (QED) is 0.780. The fraction of sp³-hybridized carbons (Fsp3) is 0.214. The Kier molecular flexibility index (Phi) is 5.96. The monoisotopic (exact) mass is 283 g/mol. The summed E-state index contributed by atoms with van der Waals surface area (Å²) in [7, 11) is 0. The average molecular weight is 284 g/mol. The summed E-state index contributed by atoms with van der Waals surface area (Å²) >= 11 is 5.75. The molecule has 0 saturated heterocycles. The molecule has 0 unspecified atom stereocenters. The second-order valence-corrected chi connectivity index (χ2v) is 3.92. The summed E-state index contributed by atoms with van der Waals surface area (Å²) in [5, 5.41) is 0. The van der Waals surface area contributed by atoms with E-state index >= 15 is 0 Å². The van der Waals surface area contributed by atoms with Gasteiger partial charge < -0.3 is 4.74 Å². The van der Waals surface area contributed by atoms with Gasteiger partial charge in [0.2, 0.25) is 5.88 Å². The molecule has 4 heteroatoms. The van der Waals surface area contributed by atoms with Crippen molar-refractivity contribution in [3.63, 3.8) is 0 Å². The maximum Gasteiger partial charge on any atom is 0.213 e. The predicted molar refractivity (Wildman–Crippen MR) is 77.6 cm³/mol. The summed E-state index contributed by atoms with van der Waals surface area (Å²) in [5.74, 6) is 1.20. The summed E-state index contributed by atoms with van der Waals surface area (Å²) < 4.78 is 5.30. The van der Waals surface area contributed by atoms with E-state index in [0.717, 1.165) is 16.7 Å². The van der Waals surface area contributed by atoms with Gasteiger partial charge in [0.25, 0.3) is 0 Å². The molecule has 0 aliphatic rings. The van der Waals surface area contributed by atoms with Crippen molar-refractivity contribution >= 4 is 24.0 Å². The van der Waals surface area contributed by atoms with Gasteiger partial charge in [0.15, 0.2) is 0 Å². The number of hydrogen-bond acceptors (Lipinski definition) is 2. The number of rotatable bonds is 4. The van der Waals surface area contributed by atoms with Crippen LogP contribution in [-0.4, -0.2) is 11.6 Å². The molecule has 2 nitrogen and oxygen atoms in total. The maximum absolute atomic E-state index is 5.75. The van der Waals surface area contributed by atoms with Crippen LogP contribution < -0.4 is 4.74 Å². The SMILES string of the molecule is CCOc1ccc(-c2ccc(CCl)cc2)cn1.Cl. The van der Waals surface area contributed by atoms with E-state index in [-0.39, 0.29) is 12.4 Å². The maximum atomic E-state index is 5.75. The minimum Gasteiger partial charge on any atom is -0.478 e. The van der Waals surface area contributed by atoms with Crippen molar-refractivity contribution in [3.05, 3.63) is 48.2 Å². The van der Waals surface area contributed by atoms with Gasteiger partial charge in [0.1, 0.15) is 0 Å². The lowest BCUT2D eigenvalue weighted by atomic mass is 10.1. The van der Waals surface area contributed by atoms with Crippen LogP contribution in [0.15, 0.2) is 42.6 Å². The topological polar surface area (TPSA) is 22.1 Å². The normalized spacial score (nSPS) is 9.67. The standard InChI is InChI=1S/C14H14ClNO.ClH/c1-2-17-14-8-7-13(10-16-14)12-5-3-11(9-15)4-6-12;/h3-8,10H,2,9H2,1H3;1H. The van der Waals surface area contributed by atoms with Gasteiger partial charge in [-0.2, -0.15) is 0 Å². The number of alkyl halides is 1. The molecular weight excluding hydrogens is 269 g/mol. The number of nitrogens with zero attached hydrogens (tertiary/aromatic N) is 1. The molecule has 0 bridgehead atoms. The number of benzene rings is 1. The van der Waals surface area contributed by atoms with Crippen LogP contribution in [-0.2, 0) is 5.88 Å². The predicted octanol–water partition coefficient (Wildman–Crippen LogP) is 4.31. The third-order valence-corrected chi connectivity index (χ3v) is 2.78. The largest absolute Gasteiger partial charge is 0.478 e. The Hall–Kier alpha value is -1.25. The Morgan fingerprint density at radius 3 is 2.22 bits per heavy atom. The highest BCUT2D eigenvalue weighted by Gasteiger charge is 1.99. The first-order chi connectivity index (χ1) is 8.33. The van der Waals surface area contributed by atoms with Crippen molar-refractivity contribution in [2.45, 2.75) is 12.8 Å². The molecule has 96 valence electrons. The van der Waals surface area contributed by atoms with Gasteiger partial charge in [-0.1, -0.05) is 24.3 Å². The van der Waals surface area contributed by atoms with Crippen LogP contribution in [0.1, 0.15) is 12.5 Å². The Labute approximate surface area is 118 Å². The summed E-state index contributed by atoms with van der Waals surface area (Å²) in [4.78, 5) is 4.24. The summed E-state index contributed by atoms with van der Waals surface area (Å²) in [6.07, 6.45) is 1.82. The van der Waals surface area contributed by atoms with Crippen LogP contribution >= 0.6 is 24.0 Å². The highest BCUT2D eigenvalue weighted by atomic mass is 35.5. The van der Waals surface area contributed by atoms with Gasteiger partial charge >= 0.3 is 0 Å². The minimum atomic E-state index is 0. The van der Waals surface area contributed by atoms with Gasteiger partial charge in [0, 0.05) is 23.7 Å². The highest BCUT2D eigenvalue weighted by Crippen LogP contribution is 2.21. The van der Waals surface area contributed by atoms with Gasteiger partial charge in [-0.3, -0.25) is 0 Å². The van der Waals surface area contributed by atoms with E-state index in [2.05, 4.69) is 17.1 Å². The van der Waals surface area contributed by atoms with Crippen LogP contribution in [0.2, 0.25) is 0 Å². The molecule has 2 rings (SSSR count). The van der Waals surface area contributed by atoms with E-state index < -0.39 is 0 Å². The van der Waals surface area contributed by atoms with Crippen molar-refractivity contribution in [2.75, 3.05) is 6.61 Å². The Balaban J connectivity index is 0.00000162. The number of halogens is 2. The second kappa shape index (κ2) is 7.24. The van der Waals surface area contributed by atoms with Crippen LogP contribution in [0.25, 0.3) is 11.1 Å². The number of ether oxygens (including phenoxy) is 1. The lowest BCUT2D eigenvalue weighted by Crippen LogP contribution is -1.93. The molecule has 0 radical (unpaired) electrons. The number of aromatic nitrogens is 1. The van der Waals surface area contributed by atoms with Crippen molar-refractivity contribution < 1.29 is 4.74 Å². The molecule has 18 heavy (non-hydrogen) atoms. The fourth-order valence-corrected chi connectivity index (χ4v) is 1.75. The molecule has 1 aromatic carbocycles. The molecule has 2 aromatic rings. The molecule has 0 aliphatic carbocycles. The number of pyridine rings is 1. The molecule has 0 amide bonds. The Bertz CT molecular complexity index is 468. The number of hydrogen-bond donors (Lipinski definition) is 0. The third kappa shape index (κ3) is 3.62. The molecule has 0 spiro atoms. The Morgan fingerprint density at radius 2 is 1.72 bits per heavy atom. The summed E-state index contributed by atoms with van der Waals surface area (Å²) in [5.41, 5.74) is 3.33. The lowest BCUT2D eigenvalue weighted by Gasteiger charge is -2.04. The Morgan fingerprint density at radius 1 is 1.06 bits per heavy atom. The van der Waals surface area contributed by atoms with Crippen molar-refractivity contribution in [1.29, 1.82) is 0 Å². The van der Waals surface area contributed by atoms with Gasteiger partial charge in [-0.25, -0.2) is 4.98 Å². The van der Waals surface area contributed by atoms with Crippen LogP contribution in [0.3, 0.4) is 0 Å². The van der Waals surface area contributed by atoms with Gasteiger partial charge in [-0.05, 0) is 24.1 Å². The first-order valence-corrected chi connectivity index (χ1v) is 6.11.